The molecule has 4 rings (SSSR count). The van der Waals surface area contributed by atoms with Gasteiger partial charge < -0.3 is 10.0 Å². The van der Waals surface area contributed by atoms with Crippen LogP contribution in [0.25, 0.3) is 10.9 Å². The maximum absolute atomic E-state index is 12.9. The molecule has 26 heavy (non-hydrogen) atoms. The van der Waals surface area contributed by atoms with Crippen LogP contribution in [0.3, 0.4) is 0 Å². The summed E-state index contributed by atoms with van der Waals surface area (Å²) in [5, 5.41) is 21.7. The Morgan fingerprint density at radius 2 is 2.04 bits per heavy atom. The predicted octanol–water partition coefficient (Wildman–Crippen LogP) is 1.78. The Balaban J connectivity index is 1.58. The topological polar surface area (TPSA) is 104 Å². The molecule has 1 aliphatic rings. The van der Waals surface area contributed by atoms with Crippen LogP contribution in [0.4, 0.5) is 0 Å². The van der Waals surface area contributed by atoms with Gasteiger partial charge in [0.15, 0.2) is 11.2 Å². The van der Waals surface area contributed by atoms with Crippen LogP contribution in [-0.2, 0) is 10.3 Å². The Morgan fingerprint density at radius 3 is 2.69 bits per heavy atom. The molecular formula is C18H19N5O3. The van der Waals surface area contributed by atoms with Crippen LogP contribution < -0.4 is 0 Å². The summed E-state index contributed by atoms with van der Waals surface area (Å²) in [5.41, 5.74) is 1.14. The van der Waals surface area contributed by atoms with Crippen molar-refractivity contribution < 1.29 is 14.7 Å². The fourth-order valence-electron chi connectivity index (χ4n) is 3.58. The number of benzene rings is 1. The van der Waals surface area contributed by atoms with Gasteiger partial charge in [0.2, 0.25) is 0 Å². The minimum absolute atomic E-state index is 0.179. The number of nitrogens with zero attached hydrogens (tertiary/aromatic N) is 4. The molecule has 0 bridgehead atoms. The van der Waals surface area contributed by atoms with Crippen LogP contribution >= 0.6 is 0 Å². The van der Waals surface area contributed by atoms with E-state index in [-0.39, 0.29) is 5.91 Å². The van der Waals surface area contributed by atoms with Crippen molar-refractivity contribution in [2.24, 2.45) is 0 Å². The lowest BCUT2D eigenvalue weighted by atomic mass is 9.87. The van der Waals surface area contributed by atoms with E-state index in [1.54, 1.807) is 23.4 Å². The summed E-state index contributed by atoms with van der Waals surface area (Å²) in [4.78, 5) is 26.5. The fourth-order valence-corrected chi connectivity index (χ4v) is 3.58. The highest BCUT2D eigenvalue weighted by molar-refractivity contribution is 6.04. The monoisotopic (exact) mass is 353 g/mol. The number of hydrogen-bond acceptors (Lipinski definition) is 4. The van der Waals surface area contributed by atoms with Gasteiger partial charge in [-0.15, -0.1) is 0 Å². The number of amides is 1. The lowest BCUT2D eigenvalue weighted by molar-refractivity contribution is -0.150. The number of nitrogens with one attached hydrogen (secondary N) is 1. The molecule has 3 heterocycles. The van der Waals surface area contributed by atoms with Crippen molar-refractivity contribution in [3.63, 3.8) is 0 Å². The summed E-state index contributed by atoms with van der Waals surface area (Å²) in [5.74, 6) is -1.10. The van der Waals surface area contributed by atoms with E-state index in [1.807, 2.05) is 25.1 Å². The average molecular weight is 353 g/mol. The number of aliphatic carboxylic acids is 1. The van der Waals surface area contributed by atoms with Crippen LogP contribution in [-0.4, -0.2) is 55.0 Å². The highest BCUT2D eigenvalue weighted by Crippen LogP contribution is 2.31. The molecule has 0 radical (unpaired) electrons. The summed E-state index contributed by atoms with van der Waals surface area (Å²) < 4.78 is 1.49. The van der Waals surface area contributed by atoms with Crippen molar-refractivity contribution in [3.05, 3.63) is 47.9 Å². The van der Waals surface area contributed by atoms with Crippen LogP contribution in [0.2, 0.25) is 0 Å². The Bertz CT molecular complexity index is 968. The zero-order valence-corrected chi connectivity index (χ0v) is 14.3. The highest BCUT2D eigenvalue weighted by atomic mass is 16.4. The highest BCUT2D eigenvalue weighted by Gasteiger charge is 2.45. The Hall–Kier alpha value is -3.16. The number of rotatable bonds is 3. The number of aromatic amines is 1. The van der Waals surface area contributed by atoms with E-state index in [1.165, 1.54) is 4.68 Å². The van der Waals surface area contributed by atoms with Gasteiger partial charge in [-0.25, -0.2) is 4.79 Å². The molecular weight excluding hydrogens is 334 g/mol. The molecule has 134 valence electrons. The van der Waals surface area contributed by atoms with E-state index in [0.717, 1.165) is 16.5 Å². The molecule has 0 unspecified atom stereocenters. The first kappa shape index (κ1) is 16.3. The second kappa shape index (κ2) is 5.98. The van der Waals surface area contributed by atoms with E-state index >= 15 is 0 Å². The van der Waals surface area contributed by atoms with Crippen LogP contribution in [0, 0.1) is 6.92 Å². The zero-order valence-electron chi connectivity index (χ0n) is 14.3. The molecule has 1 aromatic carbocycles. The van der Waals surface area contributed by atoms with Crippen molar-refractivity contribution in [3.8, 4) is 0 Å². The zero-order chi connectivity index (χ0) is 18.3. The van der Waals surface area contributed by atoms with Crippen LogP contribution in [0.1, 0.15) is 28.9 Å². The summed E-state index contributed by atoms with van der Waals surface area (Å²) >= 11 is 0. The van der Waals surface area contributed by atoms with Crippen molar-refractivity contribution in [1.29, 1.82) is 0 Å². The normalized spacial score (nSPS) is 16.7. The second-order valence-corrected chi connectivity index (χ2v) is 6.70. The van der Waals surface area contributed by atoms with Crippen molar-refractivity contribution in [2.75, 3.05) is 13.1 Å². The number of piperidine rings is 1. The first-order chi connectivity index (χ1) is 12.5. The number of hydrogen-bond donors (Lipinski definition) is 2. The summed E-state index contributed by atoms with van der Waals surface area (Å²) in [7, 11) is 0. The van der Waals surface area contributed by atoms with E-state index < -0.39 is 11.5 Å². The van der Waals surface area contributed by atoms with Gasteiger partial charge in [0, 0.05) is 43.7 Å². The molecule has 1 fully saturated rings. The summed E-state index contributed by atoms with van der Waals surface area (Å²) in [6.45, 7) is 2.64. The molecule has 0 saturated carbocycles. The van der Waals surface area contributed by atoms with Crippen LogP contribution in [0.15, 0.2) is 36.7 Å². The van der Waals surface area contributed by atoms with E-state index in [9.17, 15) is 14.7 Å². The van der Waals surface area contributed by atoms with E-state index in [2.05, 4.69) is 15.3 Å². The molecule has 8 nitrogen and oxygen atoms in total. The number of carboxylic acids is 1. The number of aryl methyl sites for hydroxylation is 1. The van der Waals surface area contributed by atoms with Gasteiger partial charge in [-0.1, -0.05) is 11.6 Å². The Labute approximate surface area is 149 Å². The molecule has 1 amide bonds. The number of likely N-dealkylation sites (tertiary alicyclic amines) is 1. The van der Waals surface area contributed by atoms with Crippen LogP contribution in [0.5, 0.6) is 0 Å². The van der Waals surface area contributed by atoms with Gasteiger partial charge in [0.05, 0.1) is 5.52 Å². The van der Waals surface area contributed by atoms with Gasteiger partial charge in [0.25, 0.3) is 5.91 Å². The fraction of sp³-hybridized carbons (Fsp3) is 0.333. The number of carboxylic acid groups (broad SMARTS) is 1. The van der Waals surface area contributed by atoms with Crippen molar-refractivity contribution in [1.82, 2.24) is 24.9 Å². The number of carbonyl (C=O) groups is 2. The lowest BCUT2D eigenvalue weighted by Crippen LogP contribution is -2.52. The molecule has 3 aromatic rings. The predicted molar refractivity (Wildman–Crippen MR) is 93.8 cm³/mol. The summed E-state index contributed by atoms with van der Waals surface area (Å²) in [6.07, 6.45) is 3.84. The molecule has 0 spiro atoms. The van der Waals surface area contributed by atoms with Gasteiger partial charge in [-0.05, 0) is 25.1 Å². The first-order valence-corrected chi connectivity index (χ1v) is 8.49. The minimum atomic E-state index is -1.11. The van der Waals surface area contributed by atoms with E-state index in [4.69, 9.17) is 0 Å². The summed E-state index contributed by atoms with van der Waals surface area (Å²) in [6, 6.07) is 7.50. The SMILES string of the molecule is Cc1ccc2[nH]nc(C(=O)N3CCC(C(=O)O)(n4cccn4)CC3)c2c1. The third-order valence-corrected chi connectivity index (χ3v) is 5.14. The number of aromatic nitrogens is 4. The van der Waals surface area contributed by atoms with Crippen molar-refractivity contribution >= 4 is 22.8 Å². The number of carbonyl (C=O) groups excluding carboxylic acids is 1. The smallest absolute Gasteiger partial charge is 0.331 e. The number of fused-ring (bicyclic) bond motifs is 1. The molecule has 0 atom stereocenters. The standard InChI is InChI=1S/C18H19N5O3/c1-12-3-4-14-13(11-12)15(21-20-14)16(24)22-9-5-18(6-10-22,17(25)26)23-8-2-7-19-23/h2-4,7-8,11H,5-6,9-10H2,1H3,(H,20,21)(H,25,26). The molecule has 0 aliphatic carbocycles. The third-order valence-electron chi connectivity index (χ3n) is 5.14. The van der Waals surface area contributed by atoms with E-state index in [0.29, 0.717) is 31.6 Å². The molecule has 1 aliphatic heterocycles. The van der Waals surface area contributed by atoms with Gasteiger partial charge >= 0.3 is 5.97 Å². The molecule has 8 heteroatoms. The first-order valence-electron chi connectivity index (χ1n) is 8.49. The largest absolute Gasteiger partial charge is 0.479 e. The maximum atomic E-state index is 12.9. The maximum Gasteiger partial charge on any atom is 0.331 e. The lowest BCUT2D eigenvalue weighted by Gasteiger charge is -2.38. The third kappa shape index (κ3) is 2.45. The Morgan fingerprint density at radius 1 is 1.27 bits per heavy atom. The Kier molecular flexibility index (Phi) is 3.75. The van der Waals surface area contributed by atoms with Gasteiger partial charge in [-0.3, -0.25) is 14.6 Å². The quantitative estimate of drug-likeness (QED) is 0.747. The second-order valence-electron chi connectivity index (χ2n) is 6.70. The molecule has 2 aromatic heterocycles. The van der Waals surface area contributed by atoms with Gasteiger partial charge in [-0.2, -0.15) is 10.2 Å². The average Bonchev–Trinajstić information content (AvgIpc) is 3.31. The van der Waals surface area contributed by atoms with Gasteiger partial charge in [0.1, 0.15) is 0 Å². The molecule has 2 N–H and O–H groups in total. The molecule has 1 saturated heterocycles. The number of H-pyrrole nitrogens is 1. The van der Waals surface area contributed by atoms with Crippen molar-refractivity contribution in [2.45, 2.75) is 25.3 Å². The minimum Gasteiger partial charge on any atom is -0.479 e.